The van der Waals surface area contributed by atoms with Crippen LogP contribution < -0.4 is 10.6 Å². The Bertz CT molecular complexity index is 1180. The van der Waals surface area contributed by atoms with Gasteiger partial charge in [-0.05, 0) is 30.5 Å². The minimum absolute atomic E-state index is 0.0165. The molecular formula is C24H20N2O5. The van der Waals surface area contributed by atoms with Crippen molar-refractivity contribution in [1.29, 1.82) is 0 Å². The summed E-state index contributed by atoms with van der Waals surface area (Å²) >= 11 is 0. The van der Waals surface area contributed by atoms with Crippen LogP contribution in [0.1, 0.15) is 6.92 Å². The molecule has 156 valence electrons. The lowest BCUT2D eigenvalue weighted by molar-refractivity contribution is -0.150. The van der Waals surface area contributed by atoms with Crippen LogP contribution in [0.2, 0.25) is 0 Å². The molecule has 0 unspecified atom stereocenters. The molecule has 0 saturated heterocycles. The van der Waals surface area contributed by atoms with Gasteiger partial charge in [0.2, 0.25) is 11.7 Å². The maximum Gasteiger partial charge on any atom is 0.348 e. The number of amides is 1. The van der Waals surface area contributed by atoms with Crippen LogP contribution in [0.15, 0.2) is 84.3 Å². The van der Waals surface area contributed by atoms with Gasteiger partial charge in [-0.1, -0.05) is 54.6 Å². The van der Waals surface area contributed by atoms with Gasteiger partial charge in [0.25, 0.3) is 5.91 Å². The Labute approximate surface area is 178 Å². The van der Waals surface area contributed by atoms with Crippen molar-refractivity contribution in [2.75, 3.05) is 17.2 Å². The highest BCUT2D eigenvalue weighted by atomic mass is 16.6. The highest BCUT2D eigenvalue weighted by Crippen LogP contribution is 2.24. The van der Waals surface area contributed by atoms with Crippen LogP contribution in [0, 0.1) is 0 Å². The smallest absolute Gasteiger partial charge is 0.348 e. The molecule has 1 heterocycles. The van der Waals surface area contributed by atoms with Crippen molar-refractivity contribution in [3.63, 3.8) is 0 Å². The molecule has 7 nitrogen and oxygen atoms in total. The van der Waals surface area contributed by atoms with E-state index in [1.165, 1.54) is 6.92 Å². The molecule has 1 aliphatic heterocycles. The minimum atomic E-state index is -1.12. The highest BCUT2D eigenvalue weighted by Gasteiger charge is 2.34. The largest absolute Gasteiger partial charge is 0.470 e. The number of hydrogen-bond acceptors (Lipinski definition) is 6. The van der Waals surface area contributed by atoms with Gasteiger partial charge in [-0.25, -0.2) is 4.79 Å². The first-order valence-corrected chi connectivity index (χ1v) is 9.75. The zero-order valence-corrected chi connectivity index (χ0v) is 16.8. The number of nitrogens with one attached hydrogen (secondary N) is 2. The van der Waals surface area contributed by atoms with Crippen LogP contribution in [-0.4, -0.2) is 30.4 Å². The van der Waals surface area contributed by atoms with Crippen molar-refractivity contribution in [3.05, 3.63) is 84.3 Å². The Morgan fingerprint density at radius 1 is 0.968 bits per heavy atom. The predicted octanol–water partition coefficient (Wildman–Crippen LogP) is 3.63. The van der Waals surface area contributed by atoms with Crippen molar-refractivity contribution in [3.8, 4) is 0 Å². The van der Waals surface area contributed by atoms with Gasteiger partial charge >= 0.3 is 5.97 Å². The fourth-order valence-corrected chi connectivity index (χ4v) is 3.21. The summed E-state index contributed by atoms with van der Waals surface area (Å²) in [5.41, 5.74) is 1.02. The van der Waals surface area contributed by atoms with Gasteiger partial charge in [0.1, 0.15) is 0 Å². The van der Waals surface area contributed by atoms with Crippen LogP contribution in [0.5, 0.6) is 0 Å². The molecule has 0 bridgehead atoms. The summed E-state index contributed by atoms with van der Waals surface area (Å²) in [6.45, 7) is 1.18. The second kappa shape index (κ2) is 8.71. The monoisotopic (exact) mass is 416 g/mol. The van der Waals surface area contributed by atoms with Crippen molar-refractivity contribution < 1.29 is 23.9 Å². The molecule has 0 aromatic heterocycles. The zero-order valence-electron chi connectivity index (χ0n) is 16.8. The standard InChI is InChI=1S/C24H20N2O5/c1-15(22(28)26-19-13-7-9-16-8-5-6-12-18(16)19)31-24(29)21-20(27)14-30-23(21)25-17-10-3-2-4-11-17/h2-13,15,25H,14H2,1H3,(H,26,28)/t15-/m1/s1. The Hall–Kier alpha value is -4.13. The number of ketones is 1. The minimum Gasteiger partial charge on any atom is -0.470 e. The Balaban J connectivity index is 1.47. The third kappa shape index (κ3) is 4.40. The normalized spacial score (nSPS) is 14.2. The number of rotatable bonds is 6. The molecule has 1 aliphatic rings. The first-order chi connectivity index (χ1) is 15.0. The van der Waals surface area contributed by atoms with E-state index >= 15 is 0 Å². The van der Waals surface area contributed by atoms with E-state index in [1.807, 2.05) is 42.5 Å². The predicted molar refractivity (Wildman–Crippen MR) is 116 cm³/mol. The first-order valence-electron chi connectivity index (χ1n) is 9.75. The number of fused-ring (bicyclic) bond motifs is 1. The summed E-state index contributed by atoms with van der Waals surface area (Å²) < 4.78 is 10.6. The number of carbonyl (C=O) groups is 3. The van der Waals surface area contributed by atoms with Crippen LogP contribution in [0.4, 0.5) is 11.4 Å². The summed E-state index contributed by atoms with van der Waals surface area (Å²) in [6.07, 6.45) is -1.12. The SMILES string of the molecule is C[C@@H](OC(=O)C1=C(Nc2ccccc2)OCC1=O)C(=O)Nc1cccc2ccccc12. The fraction of sp³-hybridized carbons (Fsp3) is 0.125. The lowest BCUT2D eigenvalue weighted by Gasteiger charge is -2.15. The third-order valence-corrected chi connectivity index (χ3v) is 4.79. The second-order valence-corrected chi connectivity index (χ2v) is 6.97. The van der Waals surface area contributed by atoms with Crippen LogP contribution in [0.3, 0.4) is 0 Å². The summed E-state index contributed by atoms with van der Waals surface area (Å²) in [6, 6.07) is 22.1. The van der Waals surface area contributed by atoms with Gasteiger partial charge in [-0.15, -0.1) is 0 Å². The zero-order chi connectivity index (χ0) is 21.8. The van der Waals surface area contributed by atoms with Gasteiger partial charge in [-0.3, -0.25) is 9.59 Å². The molecule has 31 heavy (non-hydrogen) atoms. The summed E-state index contributed by atoms with van der Waals surface area (Å²) in [5.74, 6) is -1.91. The summed E-state index contributed by atoms with van der Waals surface area (Å²) in [7, 11) is 0. The van der Waals surface area contributed by atoms with E-state index in [4.69, 9.17) is 9.47 Å². The van der Waals surface area contributed by atoms with Gasteiger partial charge < -0.3 is 20.1 Å². The number of ether oxygens (including phenoxy) is 2. The molecule has 3 aromatic rings. The van der Waals surface area contributed by atoms with Crippen molar-refractivity contribution in [2.45, 2.75) is 13.0 Å². The Kier molecular flexibility index (Phi) is 5.66. The maximum absolute atomic E-state index is 12.6. The number of benzene rings is 3. The van der Waals surface area contributed by atoms with E-state index in [0.717, 1.165) is 10.8 Å². The summed E-state index contributed by atoms with van der Waals surface area (Å²) in [5, 5.41) is 7.52. The van der Waals surface area contributed by atoms with E-state index in [1.54, 1.807) is 30.3 Å². The molecule has 7 heteroatoms. The van der Waals surface area contributed by atoms with Crippen LogP contribution in [0.25, 0.3) is 10.8 Å². The quantitative estimate of drug-likeness (QED) is 0.471. The number of carbonyl (C=O) groups excluding carboxylic acids is 3. The van der Waals surface area contributed by atoms with E-state index in [2.05, 4.69) is 10.6 Å². The molecule has 0 fully saturated rings. The topological polar surface area (TPSA) is 93.7 Å². The van der Waals surface area contributed by atoms with Gasteiger partial charge in [0.15, 0.2) is 18.3 Å². The first kappa shape index (κ1) is 20.2. The van der Waals surface area contributed by atoms with Crippen molar-refractivity contribution >= 4 is 39.8 Å². The van der Waals surface area contributed by atoms with Gasteiger partial charge in [0, 0.05) is 16.8 Å². The van der Waals surface area contributed by atoms with Gasteiger partial charge in [-0.2, -0.15) is 0 Å². The average Bonchev–Trinajstić information content (AvgIpc) is 3.14. The molecule has 1 amide bonds. The van der Waals surface area contributed by atoms with E-state index < -0.39 is 23.8 Å². The maximum atomic E-state index is 12.6. The molecule has 2 N–H and O–H groups in total. The number of hydrogen-bond donors (Lipinski definition) is 2. The van der Waals surface area contributed by atoms with Crippen LogP contribution >= 0.6 is 0 Å². The van der Waals surface area contributed by atoms with Crippen molar-refractivity contribution in [2.24, 2.45) is 0 Å². The molecule has 0 saturated carbocycles. The molecule has 0 radical (unpaired) electrons. The fourth-order valence-electron chi connectivity index (χ4n) is 3.21. The number of anilines is 2. The molecule has 4 rings (SSSR count). The Morgan fingerprint density at radius 3 is 2.48 bits per heavy atom. The number of Topliss-reactive ketones (excluding diaryl/α,β-unsaturated/α-hetero) is 1. The van der Waals surface area contributed by atoms with E-state index in [-0.39, 0.29) is 18.1 Å². The van der Waals surface area contributed by atoms with E-state index in [9.17, 15) is 14.4 Å². The number of para-hydroxylation sites is 1. The summed E-state index contributed by atoms with van der Waals surface area (Å²) in [4.78, 5) is 37.4. The number of esters is 1. The third-order valence-electron chi connectivity index (χ3n) is 4.79. The average molecular weight is 416 g/mol. The van der Waals surface area contributed by atoms with Gasteiger partial charge in [0.05, 0.1) is 0 Å². The lowest BCUT2D eigenvalue weighted by atomic mass is 10.1. The molecule has 0 aliphatic carbocycles. The highest BCUT2D eigenvalue weighted by molar-refractivity contribution is 6.20. The van der Waals surface area contributed by atoms with E-state index in [0.29, 0.717) is 11.4 Å². The van der Waals surface area contributed by atoms with Crippen molar-refractivity contribution in [1.82, 2.24) is 0 Å². The molecule has 3 aromatic carbocycles. The lowest BCUT2D eigenvalue weighted by Crippen LogP contribution is -2.31. The molecule has 1 atom stereocenters. The van der Waals surface area contributed by atoms with Crippen LogP contribution in [-0.2, 0) is 23.9 Å². The molecular weight excluding hydrogens is 396 g/mol. The Morgan fingerprint density at radius 2 is 1.68 bits per heavy atom. The second-order valence-electron chi connectivity index (χ2n) is 6.97. The molecule has 0 spiro atoms.